The maximum atomic E-state index is 12.1. The van der Waals surface area contributed by atoms with E-state index in [4.69, 9.17) is 0 Å². The van der Waals surface area contributed by atoms with Gasteiger partial charge in [0.25, 0.3) is 5.91 Å². The Morgan fingerprint density at radius 2 is 2.10 bits per heavy atom. The molecule has 0 aliphatic heterocycles. The number of carbonyl (C=O) groups excluding carboxylic acids is 1. The second-order valence-corrected chi connectivity index (χ2v) is 5.26. The van der Waals surface area contributed by atoms with Crippen molar-refractivity contribution < 1.29 is 4.79 Å². The molecule has 8 heteroatoms. The number of thiazole rings is 1. The lowest BCUT2D eigenvalue weighted by Gasteiger charge is -2.05. The van der Waals surface area contributed by atoms with E-state index in [0.29, 0.717) is 18.1 Å². The number of hydrogen-bond acceptors (Lipinski definition) is 6. The Kier molecular flexibility index (Phi) is 3.69. The standard InChI is InChI=1S/C13H12N6OS/c1-9-6-21-12(17-9)5-14-13(20)10-3-2-4-11(18-10)19-7-15-16-8-19/h2-4,6-8H,5H2,1H3,(H,14,20). The molecule has 0 unspecified atom stereocenters. The molecule has 0 aromatic carbocycles. The molecule has 3 aromatic rings. The summed E-state index contributed by atoms with van der Waals surface area (Å²) >= 11 is 1.52. The number of aryl methyl sites for hydroxylation is 1. The van der Waals surface area contributed by atoms with E-state index in [1.807, 2.05) is 12.3 Å². The lowest BCUT2D eigenvalue weighted by atomic mass is 10.3. The van der Waals surface area contributed by atoms with E-state index in [1.54, 1.807) is 22.8 Å². The van der Waals surface area contributed by atoms with Crippen LogP contribution in [0, 0.1) is 6.92 Å². The third-order valence-electron chi connectivity index (χ3n) is 2.72. The van der Waals surface area contributed by atoms with Gasteiger partial charge in [0.15, 0.2) is 0 Å². The Balaban J connectivity index is 1.71. The van der Waals surface area contributed by atoms with E-state index in [9.17, 15) is 4.79 Å². The van der Waals surface area contributed by atoms with Gasteiger partial charge in [0.1, 0.15) is 29.2 Å². The maximum Gasteiger partial charge on any atom is 0.270 e. The molecule has 7 nitrogen and oxygen atoms in total. The van der Waals surface area contributed by atoms with Crippen molar-refractivity contribution in [3.63, 3.8) is 0 Å². The highest BCUT2D eigenvalue weighted by molar-refractivity contribution is 7.09. The summed E-state index contributed by atoms with van der Waals surface area (Å²) < 4.78 is 1.64. The summed E-state index contributed by atoms with van der Waals surface area (Å²) in [5.74, 6) is 0.357. The van der Waals surface area contributed by atoms with Gasteiger partial charge >= 0.3 is 0 Å². The summed E-state index contributed by atoms with van der Waals surface area (Å²) in [5, 5.41) is 13.1. The van der Waals surface area contributed by atoms with Crippen LogP contribution in [0.2, 0.25) is 0 Å². The van der Waals surface area contributed by atoms with Crippen LogP contribution in [0.3, 0.4) is 0 Å². The zero-order valence-corrected chi connectivity index (χ0v) is 12.0. The van der Waals surface area contributed by atoms with Crippen molar-refractivity contribution in [3.8, 4) is 5.82 Å². The van der Waals surface area contributed by atoms with Crippen LogP contribution in [0.5, 0.6) is 0 Å². The van der Waals surface area contributed by atoms with E-state index in [1.165, 1.54) is 24.0 Å². The fourth-order valence-electron chi connectivity index (χ4n) is 1.74. The van der Waals surface area contributed by atoms with Gasteiger partial charge in [-0.25, -0.2) is 9.97 Å². The summed E-state index contributed by atoms with van der Waals surface area (Å²) in [7, 11) is 0. The molecule has 0 aliphatic rings. The molecule has 0 saturated carbocycles. The largest absolute Gasteiger partial charge is 0.344 e. The van der Waals surface area contributed by atoms with Crippen LogP contribution in [0.4, 0.5) is 0 Å². The molecule has 0 aliphatic carbocycles. The molecule has 3 heterocycles. The first-order valence-electron chi connectivity index (χ1n) is 6.23. The second kappa shape index (κ2) is 5.80. The SMILES string of the molecule is Cc1csc(CNC(=O)c2cccc(-n3cnnc3)n2)n1. The highest BCUT2D eigenvalue weighted by Gasteiger charge is 2.09. The van der Waals surface area contributed by atoms with Crippen LogP contribution in [0.15, 0.2) is 36.2 Å². The van der Waals surface area contributed by atoms with Crippen molar-refractivity contribution in [2.75, 3.05) is 0 Å². The molecular weight excluding hydrogens is 288 g/mol. The number of hydrogen-bond donors (Lipinski definition) is 1. The second-order valence-electron chi connectivity index (χ2n) is 4.32. The molecule has 1 N–H and O–H groups in total. The zero-order chi connectivity index (χ0) is 14.7. The minimum atomic E-state index is -0.238. The number of nitrogens with zero attached hydrogens (tertiary/aromatic N) is 5. The summed E-state index contributed by atoms with van der Waals surface area (Å²) in [6.45, 7) is 2.32. The quantitative estimate of drug-likeness (QED) is 0.786. The Morgan fingerprint density at radius 3 is 2.81 bits per heavy atom. The molecule has 0 fully saturated rings. The van der Waals surface area contributed by atoms with Gasteiger partial charge in [0.2, 0.25) is 0 Å². The molecule has 0 spiro atoms. The monoisotopic (exact) mass is 300 g/mol. The van der Waals surface area contributed by atoms with Crippen LogP contribution >= 0.6 is 11.3 Å². The van der Waals surface area contributed by atoms with Gasteiger partial charge in [0.05, 0.1) is 6.54 Å². The van der Waals surface area contributed by atoms with Gasteiger partial charge in [-0.05, 0) is 19.1 Å². The first-order chi connectivity index (χ1) is 10.2. The van der Waals surface area contributed by atoms with Crippen LogP contribution in [-0.4, -0.2) is 30.6 Å². The van der Waals surface area contributed by atoms with Gasteiger partial charge < -0.3 is 5.32 Å². The molecule has 0 saturated heterocycles. The molecule has 1 amide bonds. The third-order valence-corrected chi connectivity index (χ3v) is 3.68. The third kappa shape index (κ3) is 3.11. The molecule has 0 radical (unpaired) electrons. The lowest BCUT2D eigenvalue weighted by Crippen LogP contribution is -2.24. The minimum Gasteiger partial charge on any atom is -0.344 e. The Labute approximate surface area is 124 Å². The fraction of sp³-hybridized carbons (Fsp3) is 0.154. The zero-order valence-electron chi connectivity index (χ0n) is 11.2. The average molecular weight is 300 g/mol. The van der Waals surface area contributed by atoms with Crippen molar-refractivity contribution in [1.82, 2.24) is 30.0 Å². The Bertz CT molecular complexity index is 752. The number of pyridine rings is 1. The lowest BCUT2D eigenvalue weighted by molar-refractivity contribution is 0.0946. The van der Waals surface area contributed by atoms with Crippen LogP contribution in [0.1, 0.15) is 21.2 Å². The van der Waals surface area contributed by atoms with Gasteiger partial charge in [0, 0.05) is 11.1 Å². The van der Waals surface area contributed by atoms with Gasteiger partial charge in [-0.15, -0.1) is 21.5 Å². The van der Waals surface area contributed by atoms with E-state index in [-0.39, 0.29) is 5.91 Å². The van der Waals surface area contributed by atoms with Gasteiger partial charge in [-0.1, -0.05) is 6.07 Å². The van der Waals surface area contributed by atoms with E-state index in [2.05, 4.69) is 25.5 Å². The molecule has 3 aromatic heterocycles. The minimum absolute atomic E-state index is 0.238. The van der Waals surface area contributed by atoms with Crippen molar-refractivity contribution in [2.45, 2.75) is 13.5 Å². The first kappa shape index (κ1) is 13.4. The van der Waals surface area contributed by atoms with Crippen molar-refractivity contribution in [3.05, 3.63) is 52.6 Å². The highest BCUT2D eigenvalue weighted by Crippen LogP contribution is 2.09. The Morgan fingerprint density at radius 1 is 1.29 bits per heavy atom. The summed E-state index contributed by atoms with van der Waals surface area (Å²) in [5.41, 5.74) is 1.30. The average Bonchev–Trinajstić information content (AvgIpc) is 3.16. The Hall–Kier alpha value is -2.61. The van der Waals surface area contributed by atoms with E-state index in [0.717, 1.165) is 10.7 Å². The highest BCUT2D eigenvalue weighted by atomic mass is 32.1. The maximum absolute atomic E-state index is 12.1. The molecule has 3 rings (SSSR count). The topological polar surface area (TPSA) is 85.6 Å². The van der Waals surface area contributed by atoms with Crippen LogP contribution < -0.4 is 5.32 Å². The predicted molar refractivity (Wildman–Crippen MR) is 77.2 cm³/mol. The molecular formula is C13H12N6OS. The summed E-state index contributed by atoms with van der Waals surface area (Å²) in [6.07, 6.45) is 3.06. The molecule has 21 heavy (non-hydrogen) atoms. The number of carbonyl (C=O) groups is 1. The normalized spacial score (nSPS) is 10.5. The molecule has 0 atom stereocenters. The van der Waals surface area contributed by atoms with Crippen molar-refractivity contribution in [1.29, 1.82) is 0 Å². The van der Waals surface area contributed by atoms with Crippen LogP contribution in [0.25, 0.3) is 5.82 Å². The summed E-state index contributed by atoms with van der Waals surface area (Å²) in [4.78, 5) is 20.7. The smallest absolute Gasteiger partial charge is 0.270 e. The van der Waals surface area contributed by atoms with E-state index < -0.39 is 0 Å². The number of aromatic nitrogens is 5. The van der Waals surface area contributed by atoms with Crippen LogP contribution in [-0.2, 0) is 6.54 Å². The fourth-order valence-corrected chi connectivity index (χ4v) is 2.45. The van der Waals surface area contributed by atoms with Gasteiger partial charge in [-0.3, -0.25) is 9.36 Å². The van der Waals surface area contributed by atoms with Crippen molar-refractivity contribution >= 4 is 17.2 Å². The van der Waals surface area contributed by atoms with Gasteiger partial charge in [-0.2, -0.15) is 0 Å². The predicted octanol–water partition coefficient (Wildman–Crippen LogP) is 1.36. The van der Waals surface area contributed by atoms with Crippen molar-refractivity contribution in [2.24, 2.45) is 0 Å². The first-order valence-corrected chi connectivity index (χ1v) is 7.11. The molecule has 106 valence electrons. The van der Waals surface area contributed by atoms with E-state index >= 15 is 0 Å². The number of nitrogens with one attached hydrogen (secondary N) is 1. The number of rotatable bonds is 4. The molecule has 0 bridgehead atoms. The summed E-state index contributed by atoms with van der Waals surface area (Å²) in [6, 6.07) is 5.21. The number of amides is 1.